The maximum Gasteiger partial charge on any atom is 0.0555 e. The fourth-order valence-corrected chi connectivity index (χ4v) is 1.30. The molecule has 1 atom stereocenters. The van der Waals surface area contributed by atoms with Crippen molar-refractivity contribution in [2.45, 2.75) is 12.8 Å². The van der Waals surface area contributed by atoms with Gasteiger partial charge in [-0.25, -0.2) is 0 Å². The topological polar surface area (TPSA) is 32.3 Å². The van der Waals surface area contributed by atoms with Gasteiger partial charge in [0.1, 0.15) is 0 Å². The maximum atomic E-state index is 8.59. The van der Waals surface area contributed by atoms with Gasteiger partial charge in [0.25, 0.3) is 0 Å². The van der Waals surface area contributed by atoms with Crippen LogP contribution in [0.4, 0.5) is 0 Å². The summed E-state index contributed by atoms with van der Waals surface area (Å²) in [5, 5.41) is 11.8. The van der Waals surface area contributed by atoms with Gasteiger partial charge in [0.15, 0.2) is 0 Å². The zero-order valence-electron chi connectivity index (χ0n) is 8.03. The van der Waals surface area contributed by atoms with Crippen molar-refractivity contribution in [3.63, 3.8) is 0 Å². The van der Waals surface area contributed by atoms with Crippen LogP contribution >= 0.6 is 0 Å². The highest BCUT2D eigenvalue weighted by Gasteiger charge is 2.02. The Hall–Kier alpha value is -0.860. The van der Waals surface area contributed by atoms with E-state index in [0.29, 0.717) is 12.5 Å². The predicted octanol–water partition coefficient (Wildman–Crippen LogP) is 1.37. The van der Waals surface area contributed by atoms with Gasteiger partial charge in [0.2, 0.25) is 0 Å². The molecule has 0 spiro atoms. The highest BCUT2D eigenvalue weighted by atomic mass is 16.3. The quantitative estimate of drug-likeness (QED) is 0.669. The normalized spacial score (nSPS) is 12.8. The van der Waals surface area contributed by atoms with E-state index in [1.165, 1.54) is 5.56 Å². The molecule has 13 heavy (non-hydrogen) atoms. The van der Waals surface area contributed by atoms with E-state index in [0.717, 1.165) is 6.54 Å². The number of hydrogen-bond acceptors (Lipinski definition) is 2. The van der Waals surface area contributed by atoms with Crippen LogP contribution in [0.15, 0.2) is 30.3 Å². The van der Waals surface area contributed by atoms with E-state index in [9.17, 15) is 0 Å². The van der Waals surface area contributed by atoms with Crippen LogP contribution < -0.4 is 5.32 Å². The summed E-state index contributed by atoms with van der Waals surface area (Å²) in [5.74, 6) is 0.507. The molecule has 2 heteroatoms. The summed E-state index contributed by atoms with van der Waals surface area (Å²) in [6, 6.07) is 10.4. The Morgan fingerprint density at radius 3 is 2.62 bits per heavy atom. The molecular weight excluding hydrogens is 162 g/mol. The van der Waals surface area contributed by atoms with Gasteiger partial charge in [0, 0.05) is 13.1 Å². The summed E-state index contributed by atoms with van der Waals surface area (Å²) in [6.45, 7) is 3.99. The Bertz CT molecular complexity index is 223. The predicted molar refractivity (Wildman–Crippen MR) is 54.8 cm³/mol. The van der Waals surface area contributed by atoms with Gasteiger partial charge in [-0.15, -0.1) is 0 Å². The summed E-state index contributed by atoms with van der Waals surface area (Å²) in [6.07, 6.45) is 0. The van der Waals surface area contributed by atoms with Gasteiger partial charge in [-0.3, -0.25) is 0 Å². The van der Waals surface area contributed by atoms with Crippen molar-refractivity contribution in [1.29, 1.82) is 0 Å². The van der Waals surface area contributed by atoms with Gasteiger partial charge >= 0.3 is 0 Å². The van der Waals surface area contributed by atoms with Crippen molar-refractivity contribution in [3.8, 4) is 0 Å². The molecule has 2 nitrogen and oxygen atoms in total. The van der Waals surface area contributed by atoms with Crippen LogP contribution in [0, 0.1) is 0 Å². The molecule has 0 aliphatic heterocycles. The molecule has 72 valence electrons. The number of aliphatic hydroxyl groups excluding tert-OH is 1. The Kier molecular flexibility index (Phi) is 4.50. The van der Waals surface area contributed by atoms with Crippen LogP contribution in [0.3, 0.4) is 0 Å². The minimum absolute atomic E-state index is 0.210. The molecule has 0 unspecified atom stereocenters. The third kappa shape index (κ3) is 3.57. The molecule has 0 amide bonds. The summed E-state index contributed by atoms with van der Waals surface area (Å²) in [4.78, 5) is 0. The summed E-state index contributed by atoms with van der Waals surface area (Å²) >= 11 is 0. The van der Waals surface area contributed by atoms with Crippen molar-refractivity contribution in [2.24, 2.45) is 0 Å². The SMILES string of the molecule is C[C@@H](CNCCO)c1ccccc1. The van der Waals surface area contributed by atoms with E-state index < -0.39 is 0 Å². The van der Waals surface area contributed by atoms with E-state index in [4.69, 9.17) is 5.11 Å². The van der Waals surface area contributed by atoms with Crippen LogP contribution in [0.1, 0.15) is 18.4 Å². The molecule has 1 aromatic rings. The lowest BCUT2D eigenvalue weighted by Crippen LogP contribution is -2.23. The van der Waals surface area contributed by atoms with Crippen molar-refractivity contribution in [3.05, 3.63) is 35.9 Å². The first-order chi connectivity index (χ1) is 6.34. The molecule has 2 N–H and O–H groups in total. The minimum atomic E-state index is 0.210. The van der Waals surface area contributed by atoms with E-state index in [1.54, 1.807) is 0 Å². The van der Waals surface area contributed by atoms with Gasteiger partial charge < -0.3 is 10.4 Å². The number of rotatable bonds is 5. The molecule has 0 aliphatic rings. The van der Waals surface area contributed by atoms with Crippen LogP contribution in [-0.2, 0) is 0 Å². The second kappa shape index (κ2) is 5.73. The minimum Gasteiger partial charge on any atom is -0.395 e. The average molecular weight is 179 g/mol. The first-order valence-electron chi connectivity index (χ1n) is 4.71. The molecule has 0 aliphatic carbocycles. The van der Waals surface area contributed by atoms with Crippen molar-refractivity contribution < 1.29 is 5.11 Å². The van der Waals surface area contributed by atoms with Crippen LogP contribution in [0.5, 0.6) is 0 Å². The number of benzene rings is 1. The molecule has 1 rings (SSSR count). The molecule has 0 heterocycles. The highest BCUT2D eigenvalue weighted by Crippen LogP contribution is 2.12. The smallest absolute Gasteiger partial charge is 0.0555 e. The fraction of sp³-hybridized carbons (Fsp3) is 0.455. The van der Waals surface area contributed by atoms with E-state index >= 15 is 0 Å². The molecule has 1 aromatic carbocycles. The van der Waals surface area contributed by atoms with Gasteiger partial charge in [-0.05, 0) is 11.5 Å². The second-order valence-corrected chi connectivity index (χ2v) is 3.24. The number of aliphatic hydroxyl groups is 1. The number of nitrogens with one attached hydrogen (secondary N) is 1. The lowest BCUT2D eigenvalue weighted by atomic mass is 10.0. The number of hydrogen-bond donors (Lipinski definition) is 2. The van der Waals surface area contributed by atoms with E-state index in [-0.39, 0.29) is 6.61 Å². The molecule has 0 saturated carbocycles. The summed E-state index contributed by atoms with van der Waals surface area (Å²) in [7, 11) is 0. The van der Waals surface area contributed by atoms with Crippen LogP contribution in [0.2, 0.25) is 0 Å². The largest absolute Gasteiger partial charge is 0.395 e. The lowest BCUT2D eigenvalue weighted by Gasteiger charge is -2.11. The Morgan fingerprint density at radius 2 is 2.00 bits per heavy atom. The molecule has 0 saturated heterocycles. The van der Waals surface area contributed by atoms with Crippen molar-refractivity contribution in [2.75, 3.05) is 19.7 Å². The summed E-state index contributed by atoms with van der Waals surface area (Å²) < 4.78 is 0. The van der Waals surface area contributed by atoms with Gasteiger partial charge in [-0.2, -0.15) is 0 Å². The Morgan fingerprint density at radius 1 is 1.31 bits per heavy atom. The molecular formula is C11H17NO. The lowest BCUT2D eigenvalue weighted by molar-refractivity contribution is 0.291. The third-order valence-corrected chi connectivity index (χ3v) is 2.11. The average Bonchev–Trinajstić information content (AvgIpc) is 2.19. The van der Waals surface area contributed by atoms with E-state index in [2.05, 4.69) is 36.5 Å². The molecule has 0 aromatic heterocycles. The zero-order valence-corrected chi connectivity index (χ0v) is 8.03. The molecule has 0 fully saturated rings. The maximum absolute atomic E-state index is 8.59. The fourth-order valence-electron chi connectivity index (χ4n) is 1.30. The third-order valence-electron chi connectivity index (χ3n) is 2.11. The first-order valence-corrected chi connectivity index (χ1v) is 4.71. The molecule has 0 radical (unpaired) electrons. The highest BCUT2D eigenvalue weighted by molar-refractivity contribution is 5.18. The van der Waals surface area contributed by atoms with Crippen molar-refractivity contribution in [1.82, 2.24) is 5.32 Å². The Labute approximate surface area is 79.6 Å². The second-order valence-electron chi connectivity index (χ2n) is 3.24. The standard InChI is InChI=1S/C11H17NO/c1-10(9-12-7-8-13)11-5-3-2-4-6-11/h2-6,10,12-13H,7-9H2,1H3/t10-/m0/s1. The zero-order chi connectivity index (χ0) is 9.52. The van der Waals surface area contributed by atoms with Crippen LogP contribution in [0.25, 0.3) is 0 Å². The van der Waals surface area contributed by atoms with Gasteiger partial charge in [0.05, 0.1) is 6.61 Å². The van der Waals surface area contributed by atoms with Crippen LogP contribution in [-0.4, -0.2) is 24.8 Å². The van der Waals surface area contributed by atoms with Gasteiger partial charge in [-0.1, -0.05) is 37.3 Å². The van der Waals surface area contributed by atoms with Crippen molar-refractivity contribution >= 4 is 0 Å². The monoisotopic (exact) mass is 179 g/mol. The Balaban J connectivity index is 2.35. The van der Waals surface area contributed by atoms with E-state index in [1.807, 2.05) is 6.07 Å². The molecule has 0 bridgehead atoms. The first kappa shape index (κ1) is 10.2. The summed E-state index contributed by atoms with van der Waals surface area (Å²) in [5.41, 5.74) is 1.34.